The van der Waals surface area contributed by atoms with E-state index in [0.717, 1.165) is 23.2 Å². The fourth-order valence-corrected chi connectivity index (χ4v) is 3.22. The summed E-state index contributed by atoms with van der Waals surface area (Å²) in [4.78, 5) is 16.5. The van der Waals surface area contributed by atoms with Gasteiger partial charge in [-0.1, -0.05) is 61.0 Å². The molecule has 25 heavy (non-hydrogen) atoms. The molecule has 0 aliphatic heterocycles. The predicted octanol–water partition coefficient (Wildman–Crippen LogP) is 5.68. The molecule has 3 rings (SSSR count). The van der Waals surface area contributed by atoms with Gasteiger partial charge in [-0.15, -0.1) is 11.3 Å². The molecule has 0 unspecified atom stereocenters. The predicted molar refractivity (Wildman–Crippen MR) is 106 cm³/mol. The van der Waals surface area contributed by atoms with Crippen LogP contribution in [0.5, 0.6) is 0 Å². The molecule has 0 spiro atoms. The van der Waals surface area contributed by atoms with Crippen LogP contribution in [0.25, 0.3) is 17.3 Å². The second-order valence-electron chi connectivity index (χ2n) is 5.43. The Hall–Kier alpha value is -2.43. The normalized spacial score (nSPS) is 11.0. The number of nitrogens with zero attached hydrogens (tertiary/aromatic N) is 1. The van der Waals surface area contributed by atoms with E-state index in [-0.39, 0.29) is 5.91 Å². The van der Waals surface area contributed by atoms with E-state index >= 15 is 0 Å². The lowest BCUT2D eigenvalue weighted by Gasteiger charge is -2.00. The SMILES string of the molecule is CCc1ccc(-c2csc(NC(=O)/C=C/c3ccccc3Cl)n2)cc1. The number of aryl methyl sites for hydroxylation is 1. The number of amides is 1. The zero-order valence-corrected chi connectivity index (χ0v) is 15.3. The molecule has 1 amide bonds. The van der Waals surface area contributed by atoms with Crippen molar-refractivity contribution >= 4 is 40.1 Å². The van der Waals surface area contributed by atoms with E-state index in [0.29, 0.717) is 10.2 Å². The largest absolute Gasteiger partial charge is 0.298 e. The first kappa shape index (κ1) is 17.4. The van der Waals surface area contributed by atoms with Crippen LogP contribution in [-0.4, -0.2) is 10.9 Å². The summed E-state index contributed by atoms with van der Waals surface area (Å²) < 4.78 is 0. The molecule has 0 radical (unpaired) electrons. The highest BCUT2D eigenvalue weighted by Crippen LogP contribution is 2.25. The number of benzene rings is 2. The standard InChI is InChI=1S/C20H17ClN2OS/c1-2-14-7-9-16(10-8-14)18-13-25-20(22-18)23-19(24)12-11-15-5-3-4-6-17(15)21/h3-13H,2H2,1H3,(H,22,23,24)/b12-11+. The Balaban J connectivity index is 1.66. The summed E-state index contributed by atoms with van der Waals surface area (Å²) in [6.45, 7) is 2.13. The first-order valence-corrected chi connectivity index (χ1v) is 9.20. The molecule has 1 N–H and O–H groups in total. The number of aromatic nitrogens is 1. The van der Waals surface area contributed by atoms with Gasteiger partial charge < -0.3 is 0 Å². The van der Waals surface area contributed by atoms with E-state index in [4.69, 9.17) is 11.6 Å². The van der Waals surface area contributed by atoms with Crippen LogP contribution in [0.4, 0.5) is 5.13 Å². The summed E-state index contributed by atoms with van der Waals surface area (Å²) in [7, 11) is 0. The Kier molecular flexibility index (Phi) is 5.64. The van der Waals surface area contributed by atoms with E-state index in [1.165, 1.54) is 23.0 Å². The highest BCUT2D eigenvalue weighted by molar-refractivity contribution is 7.14. The first-order valence-electron chi connectivity index (χ1n) is 7.94. The van der Waals surface area contributed by atoms with Gasteiger partial charge in [-0.05, 0) is 29.7 Å². The summed E-state index contributed by atoms with van der Waals surface area (Å²) >= 11 is 7.47. The van der Waals surface area contributed by atoms with Gasteiger partial charge in [-0.2, -0.15) is 0 Å². The molecule has 3 aromatic rings. The molecule has 0 bridgehead atoms. The molecular formula is C20H17ClN2OS. The molecule has 2 aromatic carbocycles. The second-order valence-corrected chi connectivity index (χ2v) is 6.70. The number of anilines is 1. The van der Waals surface area contributed by atoms with Gasteiger partial charge in [0, 0.05) is 22.0 Å². The number of nitrogens with one attached hydrogen (secondary N) is 1. The van der Waals surface area contributed by atoms with E-state index in [1.807, 2.05) is 23.6 Å². The number of thiazole rings is 1. The zero-order chi connectivity index (χ0) is 17.6. The van der Waals surface area contributed by atoms with Crippen molar-refractivity contribution in [2.75, 3.05) is 5.32 Å². The van der Waals surface area contributed by atoms with Crippen molar-refractivity contribution in [1.82, 2.24) is 4.98 Å². The minimum Gasteiger partial charge on any atom is -0.298 e. The summed E-state index contributed by atoms with van der Waals surface area (Å²) in [5, 5.41) is 5.90. The number of hydrogen-bond donors (Lipinski definition) is 1. The van der Waals surface area contributed by atoms with Crippen molar-refractivity contribution in [1.29, 1.82) is 0 Å². The fourth-order valence-electron chi connectivity index (χ4n) is 2.30. The van der Waals surface area contributed by atoms with Crippen LogP contribution in [0.2, 0.25) is 5.02 Å². The third-order valence-corrected chi connectivity index (χ3v) is 4.81. The Morgan fingerprint density at radius 1 is 1.20 bits per heavy atom. The van der Waals surface area contributed by atoms with Crippen molar-refractivity contribution in [3.8, 4) is 11.3 Å². The lowest BCUT2D eigenvalue weighted by atomic mass is 10.1. The number of carbonyl (C=O) groups is 1. The van der Waals surface area contributed by atoms with Gasteiger partial charge in [0.1, 0.15) is 0 Å². The van der Waals surface area contributed by atoms with Gasteiger partial charge in [0.25, 0.3) is 0 Å². The van der Waals surface area contributed by atoms with Crippen LogP contribution in [0, 0.1) is 0 Å². The third-order valence-electron chi connectivity index (χ3n) is 3.71. The average Bonchev–Trinajstić information content (AvgIpc) is 3.09. The molecule has 0 atom stereocenters. The summed E-state index contributed by atoms with van der Waals surface area (Å²) in [5.41, 5.74) is 3.99. The Morgan fingerprint density at radius 3 is 2.68 bits per heavy atom. The summed E-state index contributed by atoms with van der Waals surface area (Å²) in [6.07, 6.45) is 4.16. The number of carbonyl (C=O) groups excluding carboxylic acids is 1. The fraction of sp³-hybridized carbons (Fsp3) is 0.100. The number of halogens is 1. The zero-order valence-electron chi connectivity index (χ0n) is 13.7. The molecule has 0 saturated carbocycles. The van der Waals surface area contributed by atoms with Crippen molar-refractivity contribution < 1.29 is 4.79 Å². The highest BCUT2D eigenvalue weighted by atomic mass is 35.5. The van der Waals surface area contributed by atoms with Crippen molar-refractivity contribution in [3.63, 3.8) is 0 Å². The molecule has 3 nitrogen and oxygen atoms in total. The Labute approximate surface area is 156 Å². The van der Waals surface area contributed by atoms with Gasteiger partial charge in [0.05, 0.1) is 5.69 Å². The molecule has 126 valence electrons. The maximum absolute atomic E-state index is 12.1. The van der Waals surface area contributed by atoms with Gasteiger partial charge in [0.15, 0.2) is 5.13 Å². The lowest BCUT2D eigenvalue weighted by molar-refractivity contribution is -0.111. The van der Waals surface area contributed by atoms with Crippen LogP contribution in [0.15, 0.2) is 60.0 Å². The number of rotatable bonds is 5. The van der Waals surface area contributed by atoms with Crippen LogP contribution in [0.1, 0.15) is 18.1 Å². The van der Waals surface area contributed by atoms with Crippen LogP contribution in [0.3, 0.4) is 0 Å². The van der Waals surface area contributed by atoms with Gasteiger partial charge in [-0.3, -0.25) is 10.1 Å². The molecule has 1 heterocycles. The summed E-state index contributed by atoms with van der Waals surface area (Å²) in [6, 6.07) is 15.7. The average molecular weight is 369 g/mol. The molecule has 0 aliphatic carbocycles. The number of hydrogen-bond acceptors (Lipinski definition) is 3. The highest BCUT2D eigenvalue weighted by Gasteiger charge is 2.06. The maximum atomic E-state index is 12.1. The monoisotopic (exact) mass is 368 g/mol. The van der Waals surface area contributed by atoms with Crippen molar-refractivity contribution in [3.05, 3.63) is 76.1 Å². The second kappa shape index (κ2) is 8.10. The van der Waals surface area contributed by atoms with Crippen LogP contribution in [-0.2, 0) is 11.2 Å². The van der Waals surface area contributed by atoms with Crippen molar-refractivity contribution in [2.45, 2.75) is 13.3 Å². The van der Waals surface area contributed by atoms with E-state index in [2.05, 4.69) is 41.5 Å². The van der Waals surface area contributed by atoms with Crippen LogP contribution < -0.4 is 5.32 Å². The van der Waals surface area contributed by atoms with Crippen LogP contribution >= 0.6 is 22.9 Å². The van der Waals surface area contributed by atoms with E-state index < -0.39 is 0 Å². The molecule has 0 aliphatic rings. The molecule has 1 aromatic heterocycles. The Morgan fingerprint density at radius 2 is 1.96 bits per heavy atom. The molecular weight excluding hydrogens is 352 g/mol. The lowest BCUT2D eigenvalue weighted by Crippen LogP contribution is -2.07. The first-order chi connectivity index (χ1) is 12.2. The van der Waals surface area contributed by atoms with E-state index in [1.54, 1.807) is 12.1 Å². The quantitative estimate of drug-likeness (QED) is 0.589. The van der Waals surface area contributed by atoms with Crippen molar-refractivity contribution in [2.24, 2.45) is 0 Å². The third kappa shape index (κ3) is 4.56. The summed E-state index contributed by atoms with van der Waals surface area (Å²) in [5.74, 6) is -0.234. The Bertz CT molecular complexity index is 900. The van der Waals surface area contributed by atoms with Gasteiger partial charge in [-0.25, -0.2) is 4.98 Å². The van der Waals surface area contributed by atoms with Gasteiger partial charge in [0.2, 0.25) is 5.91 Å². The minimum absolute atomic E-state index is 0.234. The molecule has 0 saturated heterocycles. The smallest absolute Gasteiger partial charge is 0.250 e. The van der Waals surface area contributed by atoms with Gasteiger partial charge >= 0.3 is 0 Å². The minimum atomic E-state index is -0.234. The maximum Gasteiger partial charge on any atom is 0.250 e. The van der Waals surface area contributed by atoms with E-state index in [9.17, 15) is 4.79 Å². The topological polar surface area (TPSA) is 42.0 Å². The molecule has 5 heteroatoms. The molecule has 0 fully saturated rings.